The second-order valence-corrected chi connectivity index (χ2v) is 4.26. The highest BCUT2D eigenvalue weighted by Crippen LogP contribution is 2.20. The molecule has 0 unspecified atom stereocenters. The molecule has 0 radical (unpaired) electrons. The van der Waals surface area contributed by atoms with Gasteiger partial charge in [-0.05, 0) is 32.4 Å². The number of imidazole rings is 1. The first-order valence-corrected chi connectivity index (χ1v) is 5.86. The van der Waals surface area contributed by atoms with Crippen LogP contribution in [-0.4, -0.2) is 14.5 Å². The van der Waals surface area contributed by atoms with Gasteiger partial charge >= 0.3 is 0 Å². The molecular formula is C13H18N4. The number of nitrogens with zero attached hydrogens (tertiary/aromatic N) is 3. The summed E-state index contributed by atoms with van der Waals surface area (Å²) in [4.78, 5) is 8.65. The minimum atomic E-state index is 0.0122. The van der Waals surface area contributed by atoms with Gasteiger partial charge in [-0.15, -0.1) is 0 Å². The van der Waals surface area contributed by atoms with Crippen molar-refractivity contribution in [3.8, 4) is 5.69 Å². The monoisotopic (exact) mass is 230 g/mol. The van der Waals surface area contributed by atoms with Crippen LogP contribution >= 0.6 is 0 Å². The fourth-order valence-electron chi connectivity index (χ4n) is 1.92. The Balaban J connectivity index is 2.50. The Morgan fingerprint density at radius 3 is 2.76 bits per heavy atom. The van der Waals surface area contributed by atoms with E-state index in [0.29, 0.717) is 0 Å². The lowest BCUT2D eigenvalue weighted by Gasteiger charge is -2.14. The molecule has 2 aromatic rings. The van der Waals surface area contributed by atoms with E-state index >= 15 is 0 Å². The Bertz CT molecular complexity index is 516. The molecule has 0 bridgehead atoms. The van der Waals surface area contributed by atoms with Crippen molar-refractivity contribution in [2.24, 2.45) is 5.73 Å². The summed E-state index contributed by atoms with van der Waals surface area (Å²) in [5, 5.41) is 0. The topological polar surface area (TPSA) is 56.7 Å². The van der Waals surface area contributed by atoms with E-state index in [1.165, 1.54) is 0 Å². The van der Waals surface area contributed by atoms with Crippen molar-refractivity contribution < 1.29 is 0 Å². The number of hydrogen-bond donors (Lipinski definition) is 1. The highest BCUT2D eigenvalue weighted by Gasteiger charge is 2.12. The number of aryl methyl sites for hydroxylation is 2. The Kier molecular flexibility index (Phi) is 3.24. The predicted octanol–water partition coefficient (Wildman–Crippen LogP) is 2.29. The maximum absolute atomic E-state index is 6.08. The molecule has 0 spiro atoms. The maximum atomic E-state index is 6.08. The molecule has 90 valence electrons. The Morgan fingerprint density at radius 1 is 1.35 bits per heavy atom. The van der Waals surface area contributed by atoms with Crippen LogP contribution in [0.15, 0.2) is 24.7 Å². The molecule has 0 aromatic carbocycles. The molecule has 2 heterocycles. The highest BCUT2D eigenvalue weighted by atomic mass is 15.1. The zero-order valence-corrected chi connectivity index (χ0v) is 10.5. The zero-order valence-electron chi connectivity index (χ0n) is 10.5. The summed E-state index contributed by atoms with van der Waals surface area (Å²) in [5.41, 5.74) is 10.2. The smallest absolute Gasteiger partial charge is 0.0995 e. The quantitative estimate of drug-likeness (QED) is 0.880. The fourth-order valence-corrected chi connectivity index (χ4v) is 1.92. The van der Waals surface area contributed by atoms with Gasteiger partial charge in [0.2, 0.25) is 0 Å². The molecule has 0 aliphatic carbocycles. The second-order valence-electron chi connectivity index (χ2n) is 4.26. The van der Waals surface area contributed by atoms with Gasteiger partial charge in [0.25, 0.3) is 0 Å². The number of rotatable bonds is 3. The summed E-state index contributed by atoms with van der Waals surface area (Å²) in [5.74, 6) is 0. The first-order chi connectivity index (χ1) is 8.13. The third-order valence-electron chi connectivity index (χ3n) is 2.94. The van der Waals surface area contributed by atoms with E-state index in [2.05, 4.69) is 23.0 Å². The molecular weight excluding hydrogens is 212 g/mol. The standard InChI is InChI=1S/C13H18N4/c1-4-11(14)13-7-15-8-17(13)12-6-5-9(2)16-10(12)3/h5-8,11H,4,14H2,1-3H3/t11-/m1/s1. The fraction of sp³-hybridized carbons (Fsp3) is 0.385. The van der Waals surface area contributed by atoms with Crippen molar-refractivity contribution in [2.75, 3.05) is 0 Å². The molecule has 2 rings (SSSR count). The van der Waals surface area contributed by atoms with Gasteiger partial charge in [-0.2, -0.15) is 0 Å². The lowest BCUT2D eigenvalue weighted by Crippen LogP contribution is -2.14. The van der Waals surface area contributed by atoms with Crippen molar-refractivity contribution in [3.05, 3.63) is 41.7 Å². The molecule has 0 saturated heterocycles. The van der Waals surface area contributed by atoms with Gasteiger partial charge in [0.1, 0.15) is 0 Å². The van der Waals surface area contributed by atoms with E-state index in [0.717, 1.165) is 29.2 Å². The van der Waals surface area contributed by atoms with Crippen molar-refractivity contribution in [1.82, 2.24) is 14.5 Å². The molecule has 0 aliphatic heterocycles. The summed E-state index contributed by atoms with van der Waals surface area (Å²) < 4.78 is 2.02. The third kappa shape index (κ3) is 2.22. The van der Waals surface area contributed by atoms with Gasteiger partial charge in [0.05, 0.1) is 29.6 Å². The van der Waals surface area contributed by atoms with Crippen molar-refractivity contribution in [3.63, 3.8) is 0 Å². The van der Waals surface area contributed by atoms with Gasteiger partial charge in [-0.25, -0.2) is 4.98 Å². The Hall–Kier alpha value is -1.68. The molecule has 17 heavy (non-hydrogen) atoms. The molecule has 0 fully saturated rings. The van der Waals surface area contributed by atoms with E-state index in [9.17, 15) is 0 Å². The SMILES string of the molecule is CC[C@@H](N)c1cncn1-c1ccc(C)nc1C. The van der Waals surface area contributed by atoms with Crippen LogP contribution in [0.2, 0.25) is 0 Å². The lowest BCUT2D eigenvalue weighted by atomic mass is 10.1. The maximum Gasteiger partial charge on any atom is 0.0995 e. The van der Waals surface area contributed by atoms with E-state index in [4.69, 9.17) is 5.73 Å². The normalized spacial score (nSPS) is 12.7. The van der Waals surface area contributed by atoms with Crippen LogP contribution in [0.25, 0.3) is 5.69 Å². The van der Waals surface area contributed by atoms with Gasteiger partial charge in [0, 0.05) is 11.7 Å². The third-order valence-corrected chi connectivity index (χ3v) is 2.94. The van der Waals surface area contributed by atoms with E-state index in [1.807, 2.05) is 30.7 Å². The van der Waals surface area contributed by atoms with Crippen LogP contribution in [0.4, 0.5) is 0 Å². The van der Waals surface area contributed by atoms with Gasteiger partial charge in [0.15, 0.2) is 0 Å². The van der Waals surface area contributed by atoms with Crippen molar-refractivity contribution >= 4 is 0 Å². The van der Waals surface area contributed by atoms with Crippen LogP contribution < -0.4 is 5.73 Å². The molecule has 0 amide bonds. The Morgan fingerprint density at radius 2 is 2.12 bits per heavy atom. The second kappa shape index (κ2) is 4.67. The van der Waals surface area contributed by atoms with E-state index in [-0.39, 0.29) is 6.04 Å². The first-order valence-electron chi connectivity index (χ1n) is 5.86. The van der Waals surface area contributed by atoms with Crippen molar-refractivity contribution in [2.45, 2.75) is 33.2 Å². The predicted molar refractivity (Wildman–Crippen MR) is 68.1 cm³/mol. The number of pyridine rings is 1. The number of nitrogens with two attached hydrogens (primary N) is 1. The Labute approximate surface area is 102 Å². The summed E-state index contributed by atoms with van der Waals surface area (Å²) in [6.45, 7) is 6.06. The molecule has 4 nitrogen and oxygen atoms in total. The largest absolute Gasteiger partial charge is 0.323 e. The van der Waals surface area contributed by atoms with Crippen LogP contribution in [0, 0.1) is 13.8 Å². The first kappa shape index (κ1) is 11.8. The van der Waals surface area contributed by atoms with E-state index < -0.39 is 0 Å². The van der Waals surface area contributed by atoms with Gasteiger partial charge in [-0.3, -0.25) is 9.55 Å². The van der Waals surface area contributed by atoms with Gasteiger partial charge < -0.3 is 5.73 Å². The summed E-state index contributed by atoms with van der Waals surface area (Å²) in [6.07, 6.45) is 4.52. The van der Waals surface area contributed by atoms with Crippen LogP contribution in [0.5, 0.6) is 0 Å². The summed E-state index contributed by atoms with van der Waals surface area (Å²) in [7, 11) is 0. The van der Waals surface area contributed by atoms with E-state index in [1.54, 1.807) is 6.33 Å². The average molecular weight is 230 g/mol. The molecule has 2 N–H and O–H groups in total. The van der Waals surface area contributed by atoms with Crippen LogP contribution in [0.1, 0.15) is 36.5 Å². The number of hydrogen-bond acceptors (Lipinski definition) is 3. The summed E-state index contributed by atoms with van der Waals surface area (Å²) in [6, 6.07) is 4.08. The molecule has 0 saturated carbocycles. The summed E-state index contributed by atoms with van der Waals surface area (Å²) >= 11 is 0. The van der Waals surface area contributed by atoms with Crippen LogP contribution in [-0.2, 0) is 0 Å². The zero-order chi connectivity index (χ0) is 12.4. The van der Waals surface area contributed by atoms with Gasteiger partial charge in [-0.1, -0.05) is 6.92 Å². The van der Waals surface area contributed by atoms with Crippen molar-refractivity contribution in [1.29, 1.82) is 0 Å². The molecule has 1 atom stereocenters. The minimum Gasteiger partial charge on any atom is -0.323 e. The molecule has 4 heteroatoms. The minimum absolute atomic E-state index is 0.0122. The average Bonchev–Trinajstić information content (AvgIpc) is 2.77. The lowest BCUT2D eigenvalue weighted by molar-refractivity contribution is 0.658. The highest BCUT2D eigenvalue weighted by molar-refractivity contribution is 5.39. The van der Waals surface area contributed by atoms with Crippen LogP contribution in [0.3, 0.4) is 0 Å². The molecule has 2 aromatic heterocycles. The molecule has 0 aliphatic rings. The number of aromatic nitrogens is 3.